The van der Waals surface area contributed by atoms with Gasteiger partial charge in [-0.2, -0.15) is 17.0 Å². The highest BCUT2D eigenvalue weighted by Gasteiger charge is 2.55. The number of halogens is 2. The number of hydrogen-bond donors (Lipinski definition) is 1. The predicted molar refractivity (Wildman–Crippen MR) is 152 cm³/mol. The zero-order valence-corrected chi connectivity index (χ0v) is 24.9. The molecule has 0 radical (unpaired) electrons. The Balaban J connectivity index is 1.90. The first kappa shape index (κ1) is 29.8. The molecule has 0 spiro atoms. The summed E-state index contributed by atoms with van der Waals surface area (Å²) in [5, 5.41) is 10.9. The second-order valence-corrected chi connectivity index (χ2v) is 14.3. The number of piperidine rings is 1. The van der Waals surface area contributed by atoms with Crippen molar-refractivity contribution in [1.29, 1.82) is 0 Å². The Hall–Kier alpha value is -2.17. The summed E-state index contributed by atoms with van der Waals surface area (Å²) in [5.41, 5.74) is 0.535. The van der Waals surface area contributed by atoms with E-state index in [4.69, 9.17) is 23.2 Å². The maximum atomic E-state index is 14.4. The summed E-state index contributed by atoms with van der Waals surface area (Å²) in [5.74, 6) is -1.54. The number of likely N-dealkylation sites (N-methyl/N-ethyl adjacent to an activating group) is 1. The normalized spacial score (nSPS) is 24.8. The molecule has 1 N–H and O–H groups in total. The lowest BCUT2D eigenvalue weighted by molar-refractivity contribution is -0.161. The number of nitrogens with zero attached hydrogens (tertiary/aromatic N) is 3. The van der Waals surface area contributed by atoms with Gasteiger partial charge < -0.3 is 10.0 Å². The largest absolute Gasteiger partial charge is 0.481 e. The van der Waals surface area contributed by atoms with Crippen molar-refractivity contribution in [3.8, 4) is 0 Å². The van der Waals surface area contributed by atoms with Crippen molar-refractivity contribution in [3.63, 3.8) is 0 Å². The van der Waals surface area contributed by atoms with E-state index in [9.17, 15) is 23.1 Å². The second-order valence-electron chi connectivity index (χ2n) is 11.2. The molecule has 4 rings (SSSR count). The van der Waals surface area contributed by atoms with E-state index in [1.54, 1.807) is 30.0 Å². The lowest BCUT2D eigenvalue weighted by Crippen LogP contribution is -2.59. The van der Waals surface area contributed by atoms with E-state index in [0.29, 0.717) is 16.5 Å². The topological polar surface area (TPSA) is 98.2 Å². The number of rotatable bonds is 10. The van der Waals surface area contributed by atoms with E-state index in [2.05, 4.69) is 0 Å². The summed E-state index contributed by atoms with van der Waals surface area (Å²) >= 11 is 12.6. The highest BCUT2D eigenvalue weighted by molar-refractivity contribution is 7.86. The fourth-order valence-corrected chi connectivity index (χ4v) is 7.05. The van der Waals surface area contributed by atoms with Crippen LogP contribution in [-0.4, -0.2) is 72.6 Å². The van der Waals surface area contributed by atoms with Gasteiger partial charge in [-0.15, -0.1) is 0 Å². The summed E-state index contributed by atoms with van der Waals surface area (Å²) in [4.78, 5) is 28.3. The van der Waals surface area contributed by atoms with Crippen LogP contribution in [-0.2, 0) is 19.8 Å². The minimum atomic E-state index is -3.74. The first-order valence-corrected chi connectivity index (χ1v) is 15.1. The van der Waals surface area contributed by atoms with E-state index in [0.717, 1.165) is 28.3 Å². The lowest BCUT2D eigenvalue weighted by atomic mass is 9.67. The molecule has 212 valence electrons. The molecular weight excluding hydrogens is 561 g/mol. The van der Waals surface area contributed by atoms with Crippen LogP contribution < -0.4 is 0 Å². The molecule has 0 bridgehead atoms. The SMILES string of the molecule is CN(C)S(=O)(=O)N(C)CC(C1CC1)N1C(=O)[C@@](C)(CC(=O)O)C[C@H](c2cccc(Cl)c2)[C@H]1c1ccc(Cl)cc1. The average Bonchev–Trinajstić information content (AvgIpc) is 3.69. The third kappa shape index (κ3) is 6.28. The van der Waals surface area contributed by atoms with E-state index in [1.807, 2.05) is 30.3 Å². The molecule has 2 aromatic rings. The van der Waals surface area contributed by atoms with Gasteiger partial charge in [0.1, 0.15) is 0 Å². The zero-order chi connectivity index (χ0) is 28.7. The van der Waals surface area contributed by atoms with E-state index < -0.39 is 33.7 Å². The van der Waals surface area contributed by atoms with Gasteiger partial charge in [0.2, 0.25) is 5.91 Å². The number of carboxylic acid groups (broad SMARTS) is 1. The average molecular weight is 597 g/mol. The van der Waals surface area contributed by atoms with Gasteiger partial charge in [-0.25, -0.2) is 0 Å². The Morgan fingerprint density at radius 2 is 1.72 bits per heavy atom. The molecule has 1 saturated carbocycles. The molecule has 8 nitrogen and oxygen atoms in total. The van der Waals surface area contributed by atoms with Gasteiger partial charge >= 0.3 is 5.97 Å². The van der Waals surface area contributed by atoms with Crippen LogP contribution in [0.3, 0.4) is 0 Å². The summed E-state index contributed by atoms with van der Waals surface area (Å²) in [6.45, 7) is 1.79. The van der Waals surface area contributed by atoms with Crippen molar-refractivity contribution in [2.45, 2.75) is 50.6 Å². The Kier molecular flexibility index (Phi) is 8.69. The van der Waals surface area contributed by atoms with Crippen LogP contribution in [0.5, 0.6) is 0 Å². The number of hydrogen-bond acceptors (Lipinski definition) is 4. The number of benzene rings is 2. The summed E-state index contributed by atoms with van der Waals surface area (Å²) in [7, 11) is 0.718. The van der Waals surface area contributed by atoms with E-state index >= 15 is 0 Å². The Morgan fingerprint density at radius 3 is 2.26 bits per heavy atom. The van der Waals surface area contributed by atoms with Crippen LogP contribution in [0.2, 0.25) is 10.0 Å². The highest BCUT2D eigenvalue weighted by Crippen LogP contribution is 2.54. The standard InChI is InChI=1S/C28H35Cl2N3O5S/c1-28(16-25(34)35)15-23(20-6-5-7-22(30)14-20)26(19-10-12-21(29)13-11-19)33(27(28)36)24(18-8-9-18)17-32(4)39(37,38)31(2)3/h5-7,10-14,18,23-24,26H,8-9,15-17H2,1-4H3,(H,34,35)/t23-,24?,26-,28-/m1/s1. The van der Waals surface area contributed by atoms with Crippen molar-refractivity contribution >= 4 is 45.3 Å². The maximum Gasteiger partial charge on any atom is 0.304 e. The van der Waals surface area contributed by atoms with Gasteiger partial charge in [-0.3, -0.25) is 9.59 Å². The molecule has 1 heterocycles. The van der Waals surface area contributed by atoms with Crippen LogP contribution in [0.25, 0.3) is 0 Å². The van der Waals surface area contributed by atoms with Crippen LogP contribution in [0.1, 0.15) is 55.7 Å². The van der Waals surface area contributed by atoms with Gasteiger partial charge in [-0.05, 0) is 60.6 Å². The Morgan fingerprint density at radius 1 is 1.08 bits per heavy atom. The third-order valence-corrected chi connectivity index (χ3v) is 10.3. The minimum Gasteiger partial charge on any atom is -0.481 e. The number of aliphatic carboxylic acids is 1. The molecule has 39 heavy (non-hydrogen) atoms. The monoisotopic (exact) mass is 595 g/mol. The minimum absolute atomic E-state index is 0.0897. The van der Waals surface area contributed by atoms with Crippen molar-refractivity contribution in [2.75, 3.05) is 27.7 Å². The van der Waals surface area contributed by atoms with Gasteiger partial charge in [0, 0.05) is 49.7 Å². The van der Waals surface area contributed by atoms with Gasteiger partial charge in [0.25, 0.3) is 10.2 Å². The van der Waals surface area contributed by atoms with Crippen LogP contribution >= 0.6 is 23.2 Å². The van der Waals surface area contributed by atoms with Crippen molar-refractivity contribution in [1.82, 2.24) is 13.5 Å². The fourth-order valence-electron chi connectivity index (χ4n) is 5.83. The Labute approximate surface area is 240 Å². The number of likely N-dealkylation sites (tertiary alicyclic amines) is 1. The smallest absolute Gasteiger partial charge is 0.304 e. The van der Waals surface area contributed by atoms with Crippen LogP contribution in [0.4, 0.5) is 0 Å². The predicted octanol–water partition coefficient (Wildman–Crippen LogP) is 5.05. The molecule has 11 heteroatoms. The highest BCUT2D eigenvalue weighted by atomic mass is 35.5. The molecular formula is C28H35Cl2N3O5S. The van der Waals surface area contributed by atoms with E-state index in [-0.39, 0.29) is 30.7 Å². The van der Waals surface area contributed by atoms with Crippen molar-refractivity contribution in [2.24, 2.45) is 11.3 Å². The number of carbonyl (C=O) groups is 2. The van der Waals surface area contributed by atoms with Gasteiger partial charge in [0.15, 0.2) is 0 Å². The molecule has 4 atom stereocenters. The molecule has 1 aliphatic carbocycles. The molecule has 2 aliphatic rings. The molecule has 1 saturated heterocycles. The molecule has 1 unspecified atom stereocenters. The maximum absolute atomic E-state index is 14.4. The molecule has 0 aromatic heterocycles. The first-order valence-electron chi connectivity index (χ1n) is 12.9. The molecule has 2 aromatic carbocycles. The van der Waals surface area contributed by atoms with Crippen LogP contribution in [0, 0.1) is 11.3 Å². The Bertz CT molecular complexity index is 1330. The zero-order valence-electron chi connectivity index (χ0n) is 22.5. The van der Waals surface area contributed by atoms with Crippen molar-refractivity contribution in [3.05, 3.63) is 69.7 Å². The van der Waals surface area contributed by atoms with Crippen LogP contribution in [0.15, 0.2) is 48.5 Å². The summed E-state index contributed by atoms with van der Waals surface area (Å²) in [6, 6.07) is 13.8. The quantitative estimate of drug-likeness (QED) is 0.414. The molecule has 2 fully saturated rings. The van der Waals surface area contributed by atoms with Crippen molar-refractivity contribution < 1.29 is 23.1 Å². The molecule has 1 amide bonds. The lowest BCUT2D eigenvalue weighted by Gasteiger charge is -2.52. The first-order chi connectivity index (χ1) is 18.2. The summed E-state index contributed by atoms with van der Waals surface area (Å²) in [6.07, 6.45) is 1.67. The summed E-state index contributed by atoms with van der Waals surface area (Å²) < 4.78 is 28.4. The van der Waals surface area contributed by atoms with Gasteiger partial charge in [-0.1, -0.05) is 54.4 Å². The third-order valence-electron chi connectivity index (χ3n) is 7.95. The second kappa shape index (κ2) is 11.4. The molecule has 1 aliphatic heterocycles. The fraction of sp³-hybridized carbons (Fsp3) is 0.500. The number of carboxylic acids is 1. The number of carbonyl (C=O) groups excluding carboxylic acids is 1. The van der Waals surface area contributed by atoms with E-state index in [1.165, 1.54) is 25.4 Å². The number of amides is 1. The van der Waals surface area contributed by atoms with Gasteiger partial charge in [0.05, 0.1) is 17.9 Å².